The maximum atomic E-state index is 10.6. The lowest BCUT2D eigenvalue weighted by Crippen LogP contribution is -2.39. The second kappa shape index (κ2) is 6.36. The van der Waals surface area contributed by atoms with Gasteiger partial charge >= 0.3 is 6.09 Å². The second-order valence-electron chi connectivity index (χ2n) is 5.10. The van der Waals surface area contributed by atoms with Gasteiger partial charge in [-0.3, -0.25) is 0 Å². The molecule has 0 unspecified atom stereocenters. The molecule has 0 aromatic heterocycles. The van der Waals surface area contributed by atoms with E-state index in [1.54, 1.807) is 7.11 Å². The van der Waals surface area contributed by atoms with Gasteiger partial charge in [-0.15, -0.1) is 0 Å². The van der Waals surface area contributed by atoms with E-state index in [0.29, 0.717) is 11.7 Å². The fourth-order valence-electron chi connectivity index (χ4n) is 2.56. The highest BCUT2D eigenvalue weighted by atomic mass is 16.5. The average Bonchev–Trinajstić information content (AvgIpc) is 2.43. The van der Waals surface area contributed by atoms with E-state index < -0.39 is 6.09 Å². The molecule has 6 heteroatoms. The summed E-state index contributed by atoms with van der Waals surface area (Å²) in [7, 11) is 1.62. The molecule has 1 amide bonds. The lowest BCUT2D eigenvalue weighted by Gasteiger charge is -2.30. The van der Waals surface area contributed by atoms with Crippen LogP contribution >= 0.6 is 0 Å². The highest BCUT2D eigenvalue weighted by Crippen LogP contribution is 2.28. The molecule has 0 atom stereocenters. The molecule has 1 aromatic rings. The summed E-state index contributed by atoms with van der Waals surface area (Å²) >= 11 is 0. The Bertz CT molecular complexity index is 471. The zero-order valence-electron chi connectivity index (χ0n) is 11.6. The van der Waals surface area contributed by atoms with Crippen molar-refractivity contribution in [1.82, 2.24) is 5.32 Å². The molecule has 1 fully saturated rings. The predicted molar refractivity (Wildman–Crippen MR) is 78.2 cm³/mol. The molecule has 0 saturated heterocycles. The molecule has 0 heterocycles. The average molecular weight is 279 g/mol. The molecule has 0 radical (unpaired) electrons. The third-order valence-electron chi connectivity index (χ3n) is 3.67. The molecule has 2 rings (SSSR count). The summed E-state index contributed by atoms with van der Waals surface area (Å²) in [5.41, 5.74) is 7.51. The van der Waals surface area contributed by atoms with Crippen molar-refractivity contribution >= 4 is 17.5 Å². The highest BCUT2D eigenvalue weighted by Gasteiger charge is 2.22. The van der Waals surface area contributed by atoms with Gasteiger partial charge in [0.2, 0.25) is 0 Å². The van der Waals surface area contributed by atoms with Crippen LogP contribution in [0.5, 0.6) is 5.75 Å². The Balaban J connectivity index is 1.90. The molecule has 20 heavy (non-hydrogen) atoms. The van der Waals surface area contributed by atoms with E-state index in [1.165, 1.54) is 0 Å². The molecule has 1 aromatic carbocycles. The van der Waals surface area contributed by atoms with Crippen LogP contribution in [0.3, 0.4) is 0 Å². The predicted octanol–water partition coefficient (Wildman–Crippen LogP) is 2.27. The molecule has 0 bridgehead atoms. The number of hydrogen-bond acceptors (Lipinski definition) is 4. The maximum absolute atomic E-state index is 10.6. The van der Waals surface area contributed by atoms with E-state index in [0.717, 1.165) is 37.1 Å². The monoisotopic (exact) mass is 279 g/mol. The van der Waals surface area contributed by atoms with Crippen LogP contribution in [0.1, 0.15) is 25.7 Å². The van der Waals surface area contributed by atoms with Gasteiger partial charge in [-0.1, -0.05) is 0 Å². The first-order valence-electron chi connectivity index (χ1n) is 6.78. The first kappa shape index (κ1) is 14.3. The van der Waals surface area contributed by atoms with Gasteiger partial charge in [0.25, 0.3) is 0 Å². The number of nitrogens with two attached hydrogens (primary N) is 1. The minimum atomic E-state index is -0.946. The van der Waals surface area contributed by atoms with Gasteiger partial charge in [0.15, 0.2) is 0 Å². The summed E-state index contributed by atoms with van der Waals surface area (Å²) in [5, 5.41) is 14.7. The second-order valence-corrected chi connectivity index (χ2v) is 5.10. The van der Waals surface area contributed by atoms with E-state index >= 15 is 0 Å². The molecule has 1 aliphatic rings. The number of nitrogen functional groups attached to an aromatic ring is 1. The van der Waals surface area contributed by atoms with Crippen molar-refractivity contribution in [2.24, 2.45) is 0 Å². The quantitative estimate of drug-likeness (QED) is 0.634. The summed E-state index contributed by atoms with van der Waals surface area (Å²) in [4.78, 5) is 10.6. The van der Waals surface area contributed by atoms with Crippen molar-refractivity contribution in [2.75, 3.05) is 18.2 Å². The van der Waals surface area contributed by atoms with Crippen molar-refractivity contribution < 1.29 is 14.6 Å². The van der Waals surface area contributed by atoms with Gasteiger partial charge in [0.05, 0.1) is 18.5 Å². The summed E-state index contributed by atoms with van der Waals surface area (Å²) in [6, 6.07) is 5.91. The van der Waals surface area contributed by atoms with Crippen LogP contribution in [0.15, 0.2) is 18.2 Å². The van der Waals surface area contributed by atoms with Crippen LogP contribution in [0, 0.1) is 0 Å². The van der Waals surface area contributed by atoms with Crippen LogP contribution < -0.4 is 21.1 Å². The van der Waals surface area contributed by atoms with Crippen molar-refractivity contribution in [3.05, 3.63) is 18.2 Å². The zero-order valence-corrected chi connectivity index (χ0v) is 11.6. The zero-order chi connectivity index (χ0) is 14.5. The van der Waals surface area contributed by atoms with Crippen LogP contribution in [0.2, 0.25) is 0 Å². The Labute approximate surface area is 118 Å². The van der Waals surface area contributed by atoms with Crippen molar-refractivity contribution in [3.63, 3.8) is 0 Å². The van der Waals surface area contributed by atoms with Crippen molar-refractivity contribution in [3.8, 4) is 5.75 Å². The Morgan fingerprint density at radius 1 is 1.30 bits per heavy atom. The normalized spacial score (nSPS) is 22.1. The third kappa shape index (κ3) is 3.69. The minimum absolute atomic E-state index is 0.0632. The van der Waals surface area contributed by atoms with Gasteiger partial charge in [0, 0.05) is 18.2 Å². The number of amides is 1. The fourth-order valence-corrected chi connectivity index (χ4v) is 2.56. The van der Waals surface area contributed by atoms with E-state index in [4.69, 9.17) is 15.6 Å². The molecule has 5 N–H and O–H groups in total. The Morgan fingerprint density at radius 3 is 2.55 bits per heavy atom. The number of rotatable bonds is 4. The van der Waals surface area contributed by atoms with Crippen molar-refractivity contribution in [2.45, 2.75) is 37.8 Å². The number of hydrogen-bond donors (Lipinski definition) is 4. The van der Waals surface area contributed by atoms with Gasteiger partial charge in [-0.05, 0) is 37.8 Å². The SMILES string of the molecule is COc1ccc(N)c(N[C@H]2CC[C@H](NC(=O)O)CC2)c1. The molecular formula is C14H21N3O3. The Kier molecular flexibility index (Phi) is 4.55. The number of methoxy groups -OCH3 is 1. The summed E-state index contributed by atoms with van der Waals surface area (Å²) in [6.45, 7) is 0. The fraction of sp³-hybridized carbons (Fsp3) is 0.500. The molecule has 0 aliphatic heterocycles. The summed E-state index contributed by atoms with van der Waals surface area (Å²) in [5.74, 6) is 0.767. The van der Waals surface area contributed by atoms with E-state index in [9.17, 15) is 4.79 Å². The van der Waals surface area contributed by atoms with Crippen LogP contribution in [0.4, 0.5) is 16.2 Å². The van der Waals surface area contributed by atoms with Gasteiger partial charge in [-0.2, -0.15) is 0 Å². The highest BCUT2D eigenvalue weighted by molar-refractivity contribution is 5.68. The van der Waals surface area contributed by atoms with E-state index in [2.05, 4.69) is 10.6 Å². The number of carbonyl (C=O) groups is 1. The minimum Gasteiger partial charge on any atom is -0.497 e. The number of nitrogens with one attached hydrogen (secondary N) is 2. The van der Waals surface area contributed by atoms with Gasteiger partial charge in [0.1, 0.15) is 5.75 Å². The van der Waals surface area contributed by atoms with Crippen LogP contribution in [0.25, 0.3) is 0 Å². The topological polar surface area (TPSA) is 96.6 Å². The number of carboxylic acid groups (broad SMARTS) is 1. The molecule has 1 saturated carbocycles. The summed E-state index contributed by atoms with van der Waals surface area (Å²) in [6.07, 6.45) is 2.57. The van der Waals surface area contributed by atoms with E-state index in [-0.39, 0.29) is 6.04 Å². The lowest BCUT2D eigenvalue weighted by molar-refractivity contribution is 0.185. The largest absolute Gasteiger partial charge is 0.497 e. The van der Waals surface area contributed by atoms with Gasteiger partial charge < -0.3 is 26.2 Å². The number of anilines is 2. The molecule has 6 nitrogen and oxygen atoms in total. The Morgan fingerprint density at radius 2 is 1.95 bits per heavy atom. The number of benzene rings is 1. The molecule has 0 spiro atoms. The Hall–Kier alpha value is -2.11. The third-order valence-corrected chi connectivity index (χ3v) is 3.67. The molecular weight excluding hydrogens is 258 g/mol. The first-order valence-corrected chi connectivity index (χ1v) is 6.78. The molecule has 1 aliphatic carbocycles. The van der Waals surface area contributed by atoms with Crippen molar-refractivity contribution in [1.29, 1.82) is 0 Å². The smallest absolute Gasteiger partial charge is 0.404 e. The summed E-state index contributed by atoms with van der Waals surface area (Å²) < 4.78 is 5.19. The maximum Gasteiger partial charge on any atom is 0.404 e. The molecule has 110 valence electrons. The number of ether oxygens (including phenoxy) is 1. The standard InChI is InChI=1S/C14H21N3O3/c1-20-11-6-7-12(15)13(8-11)16-9-2-4-10(5-3-9)17-14(18)19/h6-10,16-17H,2-5,15H2,1H3,(H,18,19)/t9-,10-. The lowest BCUT2D eigenvalue weighted by atomic mass is 9.91. The first-order chi connectivity index (χ1) is 9.58. The van der Waals surface area contributed by atoms with E-state index in [1.807, 2.05) is 18.2 Å². The van der Waals surface area contributed by atoms with Crippen LogP contribution in [-0.2, 0) is 0 Å². The van der Waals surface area contributed by atoms with Gasteiger partial charge in [-0.25, -0.2) is 4.79 Å². The van der Waals surface area contributed by atoms with Crippen LogP contribution in [-0.4, -0.2) is 30.4 Å².